The van der Waals surface area contributed by atoms with E-state index in [9.17, 15) is 0 Å². The molecule has 0 aromatic carbocycles. The standard InChI is InChI=1S/C10H22N2/c1-7-4-9(12)5-8(6-11)10(7,2)3/h7-9H,4-6,11-12H2,1-3H3. The van der Waals surface area contributed by atoms with Crippen LogP contribution in [0.2, 0.25) is 0 Å². The highest BCUT2D eigenvalue weighted by Gasteiger charge is 2.39. The molecule has 2 heteroatoms. The van der Waals surface area contributed by atoms with Crippen molar-refractivity contribution in [3.63, 3.8) is 0 Å². The molecule has 0 saturated heterocycles. The molecule has 72 valence electrons. The fourth-order valence-electron chi connectivity index (χ4n) is 2.33. The van der Waals surface area contributed by atoms with Crippen molar-refractivity contribution >= 4 is 0 Å². The Bertz CT molecular complexity index is 154. The van der Waals surface area contributed by atoms with Gasteiger partial charge < -0.3 is 11.5 Å². The minimum Gasteiger partial charge on any atom is -0.330 e. The van der Waals surface area contributed by atoms with Crippen LogP contribution in [0.15, 0.2) is 0 Å². The summed E-state index contributed by atoms with van der Waals surface area (Å²) in [6.07, 6.45) is 2.26. The maximum absolute atomic E-state index is 5.96. The van der Waals surface area contributed by atoms with E-state index in [4.69, 9.17) is 11.5 Å². The highest BCUT2D eigenvalue weighted by Crippen LogP contribution is 2.43. The highest BCUT2D eigenvalue weighted by atomic mass is 14.7. The summed E-state index contributed by atoms with van der Waals surface area (Å²) in [7, 11) is 0. The molecule has 0 spiro atoms. The molecule has 12 heavy (non-hydrogen) atoms. The number of hydrogen-bond donors (Lipinski definition) is 2. The van der Waals surface area contributed by atoms with E-state index in [0.717, 1.165) is 19.4 Å². The number of hydrogen-bond acceptors (Lipinski definition) is 2. The molecule has 0 amide bonds. The highest BCUT2D eigenvalue weighted by molar-refractivity contribution is 4.92. The molecule has 0 heterocycles. The summed E-state index contributed by atoms with van der Waals surface area (Å²) in [5, 5.41) is 0. The molecule has 1 fully saturated rings. The lowest BCUT2D eigenvalue weighted by atomic mass is 9.62. The van der Waals surface area contributed by atoms with Crippen LogP contribution in [0.4, 0.5) is 0 Å². The third-order valence-corrected chi connectivity index (χ3v) is 3.85. The molecular formula is C10H22N2. The quantitative estimate of drug-likeness (QED) is 0.624. The van der Waals surface area contributed by atoms with Gasteiger partial charge in [-0.05, 0) is 36.6 Å². The molecule has 0 aliphatic heterocycles. The number of rotatable bonds is 1. The van der Waals surface area contributed by atoms with E-state index in [1.54, 1.807) is 0 Å². The van der Waals surface area contributed by atoms with E-state index in [2.05, 4.69) is 20.8 Å². The number of nitrogens with two attached hydrogens (primary N) is 2. The second-order valence-electron chi connectivity index (χ2n) is 4.89. The Balaban J connectivity index is 2.71. The van der Waals surface area contributed by atoms with Crippen molar-refractivity contribution < 1.29 is 0 Å². The molecule has 0 aromatic rings. The lowest BCUT2D eigenvalue weighted by Crippen LogP contribution is -2.46. The monoisotopic (exact) mass is 170 g/mol. The third-order valence-electron chi connectivity index (χ3n) is 3.85. The minimum atomic E-state index is 0.376. The van der Waals surface area contributed by atoms with E-state index in [1.807, 2.05) is 0 Å². The maximum atomic E-state index is 5.96. The van der Waals surface area contributed by atoms with E-state index in [0.29, 0.717) is 23.3 Å². The summed E-state index contributed by atoms with van der Waals surface area (Å²) in [5.41, 5.74) is 12.1. The van der Waals surface area contributed by atoms with Crippen molar-refractivity contribution in [1.82, 2.24) is 0 Å². The van der Waals surface area contributed by atoms with Gasteiger partial charge in [0, 0.05) is 6.04 Å². The predicted molar refractivity (Wildman–Crippen MR) is 52.7 cm³/mol. The van der Waals surface area contributed by atoms with Crippen molar-refractivity contribution in [2.45, 2.75) is 39.7 Å². The summed E-state index contributed by atoms with van der Waals surface area (Å²) < 4.78 is 0. The Morgan fingerprint density at radius 3 is 2.42 bits per heavy atom. The van der Waals surface area contributed by atoms with E-state index < -0.39 is 0 Å². The SMILES string of the molecule is CC1CC(N)CC(CN)C1(C)C. The summed E-state index contributed by atoms with van der Waals surface area (Å²) in [4.78, 5) is 0. The van der Waals surface area contributed by atoms with Gasteiger partial charge in [0.05, 0.1) is 0 Å². The van der Waals surface area contributed by atoms with Crippen LogP contribution in [0.1, 0.15) is 33.6 Å². The average Bonchev–Trinajstić information content (AvgIpc) is 1.97. The first-order valence-electron chi connectivity index (χ1n) is 4.94. The molecule has 2 nitrogen and oxygen atoms in total. The molecule has 1 rings (SSSR count). The molecule has 1 saturated carbocycles. The van der Waals surface area contributed by atoms with Gasteiger partial charge in [0.2, 0.25) is 0 Å². The van der Waals surface area contributed by atoms with Crippen molar-refractivity contribution in [3.05, 3.63) is 0 Å². The van der Waals surface area contributed by atoms with Crippen LogP contribution >= 0.6 is 0 Å². The van der Waals surface area contributed by atoms with Crippen LogP contribution < -0.4 is 11.5 Å². The second kappa shape index (κ2) is 3.35. The third kappa shape index (κ3) is 1.64. The summed E-state index contributed by atoms with van der Waals surface area (Å²) in [6.45, 7) is 7.72. The molecule has 1 aliphatic rings. The first kappa shape index (κ1) is 10.0. The van der Waals surface area contributed by atoms with Gasteiger partial charge in [-0.2, -0.15) is 0 Å². The van der Waals surface area contributed by atoms with Crippen LogP contribution in [0, 0.1) is 17.3 Å². The molecule has 4 N–H and O–H groups in total. The average molecular weight is 170 g/mol. The smallest absolute Gasteiger partial charge is 0.00448 e. The van der Waals surface area contributed by atoms with Crippen molar-refractivity contribution in [3.8, 4) is 0 Å². The van der Waals surface area contributed by atoms with Crippen LogP contribution in [0.3, 0.4) is 0 Å². The largest absolute Gasteiger partial charge is 0.330 e. The van der Waals surface area contributed by atoms with Gasteiger partial charge in [-0.15, -0.1) is 0 Å². The van der Waals surface area contributed by atoms with Gasteiger partial charge in [-0.1, -0.05) is 20.8 Å². The maximum Gasteiger partial charge on any atom is 0.00448 e. The van der Waals surface area contributed by atoms with Crippen molar-refractivity contribution in [2.24, 2.45) is 28.7 Å². The van der Waals surface area contributed by atoms with E-state index in [1.165, 1.54) is 0 Å². The molecule has 0 radical (unpaired) electrons. The van der Waals surface area contributed by atoms with Crippen molar-refractivity contribution in [1.29, 1.82) is 0 Å². The van der Waals surface area contributed by atoms with Crippen LogP contribution in [-0.2, 0) is 0 Å². The van der Waals surface area contributed by atoms with Crippen molar-refractivity contribution in [2.75, 3.05) is 6.54 Å². The lowest BCUT2D eigenvalue weighted by Gasteiger charge is -2.45. The Hall–Kier alpha value is -0.0800. The van der Waals surface area contributed by atoms with Crippen LogP contribution in [-0.4, -0.2) is 12.6 Å². The molecule has 3 unspecified atom stereocenters. The fraction of sp³-hybridized carbons (Fsp3) is 1.00. The Morgan fingerprint density at radius 1 is 1.33 bits per heavy atom. The summed E-state index contributed by atoms with van der Waals surface area (Å²) in [5.74, 6) is 1.31. The minimum absolute atomic E-state index is 0.376. The normalized spacial score (nSPS) is 41.2. The van der Waals surface area contributed by atoms with Gasteiger partial charge in [-0.25, -0.2) is 0 Å². The molecular weight excluding hydrogens is 148 g/mol. The first-order valence-corrected chi connectivity index (χ1v) is 4.94. The molecule has 0 aromatic heterocycles. The van der Waals surface area contributed by atoms with Crippen LogP contribution in [0.25, 0.3) is 0 Å². The lowest BCUT2D eigenvalue weighted by molar-refractivity contribution is 0.0645. The zero-order valence-electron chi connectivity index (χ0n) is 8.51. The van der Waals surface area contributed by atoms with Gasteiger partial charge in [-0.3, -0.25) is 0 Å². The second-order valence-corrected chi connectivity index (χ2v) is 4.89. The van der Waals surface area contributed by atoms with Crippen LogP contribution in [0.5, 0.6) is 0 Å². The Kier molecular flexibility index (Phi) is 2.79. The van der Waals surface area contributed by atoms with Gasteiger partial charge in [0.25, 0.3) is 0 Å². The first-order chi connectivity index (χ1) is 5.48. The Morgan fingerprint density at radius 2 is 1.92 bits per heavy atom. The fourth-order valence-corrected chi connectivity index (χ4v) is 2.33. The topological polar surface area (TPSA) is 52.0 Å². The van der Waals surface area contributed by atoms with Gasteiger partial charge >= 0.3 is 0 Å². The zero-order chi connectivity index (χ0) is 9.35. The summed E-state index contributed by atoms with van der Waals surface area (Å²) >= 11 is 0. The Labute approximate surface area is 75.7 Å². The molecule has 0 bridgehead atoms. The van der Waals surface area contributed by atoms with E-state index >= 15 is 0 Å². The predicted octanol–water partition coefficient (Wildman–Crippen LogP) is 1.34. The van der Waals surface area contributed by atoms with E-state index in [-0.39, 0.29) is 0 Å². The van der Waals surface area contributed by atoms with Gasteiger partial charge in [0.1, 0.15) is 0 Å². The summed E-state index contributed by atoms with van der Waals surface area (Å²) in [6, 6.07) is 0.376. The zero-order valence-corrected chi connectivity index (χ0v) is 8.51. The van der Waals surface area contributed by atoms with Gasteiger partial charge in [0.15, 0.2) is 0 Å². The molecule has 1 aliphatic carbocycles. The molecule has 3 atom stereocenters.